The molecule has 96 valence electrons. The fourth-order valence-corrected chi connectivity index (χ4v) is 3.51. The summed E-state index contributed by atoms with van der Waals surface area (Å²) < 4.78 is 6.21. The number of nitrogens with two attached hydrogens (primary N) is 1. The van der Waals surface area contributed by atoms with Crippen molar-refractivity contribution in [2.75, 3.05) is 19.6 Å². The van der Waals surface area contributed by atoms with Crippen molar-refractivity contribution in [3.8, 4) is 0 Å². The number of likely N-dealkylation sites (N-methyl/N-ethyl adjacent to an activating group) is 1. The Labute approximate surface area is 100 Å². The number of rotatable bonds is 4. The van der Waals surface area contributed by atoms with Crippen molar-refractivity contribution in [3.05, 3.63) is 0 Å². The Bertz CT molecular complexity index is 246. The summed E-state index contributed by atoms with van der Waals surface area (Å²) >= 11 is 0. The summed E-state index contributed by atoms with van der Waals surface area (Å²) in [7, 11) is 0. The molecule has 0 aromatic carbocycles. The summed E-state index contributed by atoms with van der Waals surface area (Å²) in [6.45, 7) is 15.8. The molecule has 0 bridgehead atoms. The molecule has 3 nitrogen and oxygen atoms in total. The molecule has 1 fully saturated rings. The second-order valence-electron chi connectivity index (χ2n) is 5.96. The predicted molar refractivity (Wildman–Crippen MR) is 68.6 cm³/mol. The smallest absolute Gasteiger partial charge is 0.0830 e. The van der Waals surface area contributed by atoms with Crippen molar-refractivity contribution < 1.29 is 4.74 Å². The number of nitrogens with zero attached hydrogens (tertiary/aromatic N) is 1. The van der Waals surface area contributed by atoms with E-state index in [2.05, 4.69) is 46.4 Å². The summed E-state index contributed by atoms with van der Waals surface area (Å²) in [4.78, 5) is 2.46. The van der Waals surface area contributed by atoms with Gasteiger partial charge in [0.2, 0.25) is 0 Å². The van der Waals surface area contributed by atoms with Gasteiger partial charge in [0, 0.05) is 6.54 Å². The highest BCUT2D eigenvalue weighted by atomic mass is 16.5. The van der Waals surface area contributed by atoms with Crippen molar-refractivity contribution in [3.63, 3.8) is 0 Å². The van der Waals surface area contributed by atoms with Gasteiger partial charge in [-0.3, -0.25) is 4.90 Å². The molecule has 0 radical (unpaired) electrons. The fraction of sp³-hybridized carbons (Fsp3) is 1.00. The lowest BCUT2D eigenvalue weighted by Crippen LogP contribution is -2.63. The van der Waals surface area contributed by atoms with Crippen LogP contribution in [0.2, 0.25) is 0 Å². The maximum atomic E-state index is 6.21. The average Bonchev–Trinajstić information content (AvgIpc) is 2.34. The SMILES string of the molecule is CCN(CC)C1(CN)CC(C)(C)OC1(C)C. The maximum Gasteiger partial charge on any atom is 0.0830 e. The number of ether oxygens (including phenoxy) is 1. The molecule has 1 aliphatic heterocycles. The lowest BCUT2D eigenvalue weighted by molar-refractivity contribution is -0.102. The van der Waals surface area contributed by atoms with Gasteiger partial charge in [0.15, 0.2) is 0 Å². The van der Waals surface area contributed by atoms with Crippen LogP contribution in [0.5, 0.6) is 0 Å². The van der Waals surface area contributed by atoms with Gasteiger partial charge in [0.25, 0.3) is 0 Å². The Kier molecular flexibility index (Phi) is 3.73. The van der Waals surface area contributed by atoms with E-state index in [1.165, 1.54) is 0 Å². The Balaban J connectivity index is 3.12. The summed E-state index contributed by atoms with van der Waals surface area (Å²) in [6.07, 6.45) is 1.01. The minimum absolute atomic E-state index is 0.0278. The second kappa shape index (κ2) is 4.28. The average molecular weight is 228 g/mol. The highest BCUT2D eigenvalue weighted by Crippen LogP contribution is 2.47. The zero-order chi connectivity index (χ0) is 12.6. The first-order valence-corrected chi connectivity index (χ1v) is 6.40. The topological polar surface area (TPSA) is 38.5 Å². The van der Waals surface area contributed by atoms with Gasteiger partial charge in [-0.15, -0.1) is 0 Å². The molecule has 16 heavy (non-hydrogen) atoms. The molecule has 0 aliphatic carbocycles. The van der Waals surface area contributed by atoms with E-state index < -0.39 is 0 Å². The molecule has 1 unspecified atom stereocenters. The van der Waals surface area contributed by atoms with Gasteiger partial charge >= 0.3 is 0 Å². The van der Waals surface area contributed by atoms with Gasteiger partial charge in [0.05, 0.1) is 16.7 Å². The van der Waals surface area contributed by atoms with Crippen LogP contribution in [0.25, 0.3) is 0 Å². The van der Waals surface area contributed by atoms with Gasteiger partial charge in [-0.05, 0) is 47.2 Å². The normalized spacial score (nSPS) is 32.2. The molecule has 0 aromatic heterocycles. The van der Waals surface area contributed by atoms with Crippen LogP contribution in [-0.2, 0) is 4.74 Å². The third-order valence-corrected chi connectivity index (χ3v) is 4.08. The van der Waals surface area contributed by atoms with Crippen molar-refractivity contribution in [2.45, 2.75) is 64.7 Å². The Hall–Kier alpha value is -0.120. The van der Waals surface area contributed by atoms with Gasteiger partial charge < -0.3 is 10.5 Å². The largest absolute Gasteiger partial charge is 0.368 e. The van der Waals surface area contributed by atoms with E-state index >= 15 is 0 Å². The van der Waals surface area contributed by atoms with Crippen LogP contribution in [0.1, 0.15) is 48.0 Å². The minimum Gasteiger partial charge on any atom is -0.368 e. The van der Waals surface area contributed by atoms with Gasteiger partial charge in [-0.2, -0.15) is 0 Å². The third-order valence-electron chi connectivity index (χ3n) is 4.08. The molecule has 1 saturated heterocycles. The van der Waals surface area contributed by atoms with E-state index in [0.717, 1.165) is 19.5 Å². The molecule has 1 heterocycles. The van der Waals surface area contributed by atoms with Crippen molar-refractivity contribution >= 4 is 0 Å². The zero-order valence-corrected chi connectivity index (χ0v) is 11.8. The van der Waals surface area contributed by atoms with E-state index in [1.807, 2.05) is 0 Å². The first kappa shape index (κ1) is 13.9. The summed E-state index contributed by atoms with van der Waals surface area (Å²) in [5.41, 5.74) is 5.81. The van der Waals surface area contributed by atoms with Crippen LogP contribution in [0.4, 0.5) is 0 Å². The van der Waals surface area contributed by atoms with Crippen molar-refractivity contribution in [2.24, 2.45) is 5.73 Å². The van der Waals surface area contributed by atoms with Gasteiger partial charge in [-0.25, -0.2) is 0 Å². The minimum atomic E-state index is -0.183. The van der Waals surface area contributed by atoms with Crippen LogP contribution in [0.15, 0.2) is 0 Å². The second-order valence-corrected chi connectivity index (χ2v) is 5.96. The summed E-state index contributed by atoms with van der Waals surface area (Å²) in [5.74, 6) is 0. The summed E-state index contributed by atoms with van der Waals surface area (Å²) in [5, 5.41) is 0. The van der Waals surface area contributed by atoms with Crippen LogP contribution >= 0.6 is 0 Å². The Morgan fingerprint density at radius 1 is 1.12 bits per heavy atom. The van der Waals surface area contributed by atoms with Crippen LogP contribution in [0, 0.1) is 0 Å². The van der Waals surface area contributed by atoms with E-state index in [9.17, 15) is 0 Å². The van der Waals surface area contributed by atoms with Crippen molar-refractivity contribution in [1.82, 2.24) is 4.90 Å². The first-order chi connectivity index (χ1) is 7.24. The number of hydrogen-bond donors (Lipinski definition) is 1. The Morgan fingerprint density at radius 2 is 1.62 bits per heavy atom. The van der Waals surface area contributed by atoms with Crippen molar-refractivity contribution in [1.29, 1.82) is 0 Å². The molecule has 1 aliphatic rings. The molecule has 1 atom stereocenters. The highest BCUT2D eigenvalue weighted by Gasteiger charge is 2.58. The molecule has 0 saturated carbocycles. The standard InChI is InChI=1S/C13H28N2O/c1-7-15(8-2)13(10-14)9-11(3,4)16-12(13,5)6/h7-10,14H2,1-6H3. The lowest BCUT2D eigenvalue weighted by atomic mass is 9.77. The summed E-state index contributed by atoms with van der Waals surface area (Å²) in [6, 6.07) is 0. The van der Waals surface area contributed by atoms with Crippen LogP contribution in [-0.4, -0.2) is 41.3 Å². The van der Waals surface area contributed by atoms with Gasteiger partial charge in [0.1, 0.15) is 0 Å². The molecule has 0 aromatic rings. The molecule has 3 heteroatoms. The van der Waals surface area contributed by atoms with E-state index in [1.54, 1.807) is 0 Å². The van der Waals surface area contributed by atoms with Crippen LogP contribution < -0.4 is 5.73 Å². The molecule has 0 spiro atoms. The maximum absolute atomic E-state index is 6.21. The molecule has 0 amide bonds. The quantitative estimate of drug-likeness (QED) is 0.800. The monoisotopic (exact) mass is 228 g/mol. The predicted octanol–water partition coefficient (Wildman–Crippen LogP) is 2.00. The Morgan fingerprint density at radius 3 is 1.88 bits per heavy atom. The van der Waals surface area contributed by atoms with Crippen LogP contribution in [0.3, 0.4) is 0 Å². The zero-order valence-electron chi connectivity index (χ0n) is 11.8. The molecule has 2 N–H and O–H groups in total. The molecular weight excluding hydrogens is 200 g/mol. The third kappa shape index (κ3) is 2.01. The highest BCUT2D eigenvalue weighted by molar-refractivity contribution is 5.12. The number of hydrogen-bond acceptors (Lipinski definition) is 3. The van der Waals surface area contributed by atoms with E-state index in [0.29, 0.717) is 6.54 Å². The van der Waals surface area contributed by atoms with Gasteiger partial charge in [-0.1, -0.05) is 13.8 Å². The van der Waals surface area contributed by atoms with E-state index in [-0.39, 0.29) is 16.7 Å². The van der Waals surface area contributed by atoms with E-state index in [4.69, 9.17) is 10.5 Å². The molecular formula is C13H28N2O. The lowest BCUT2D eigenvalue weighted by Gasteiger charge is -2.47. The fourth-order valence-electron chi connectivity index (χ4n) is 3.51. The molecule has 1 rings (SSSR count). The first-order valence-electron chi connectivity index (χ1n) is 6.40.